The van der Waals surface area contributed by atoms with Crippen molar-refractivity contribution in [1.82, 2.24) is 4.90 Å². The van der Waals surface area contributed by atoms with Crippen LogP contribution >= 0.6 is 0 Å². The van der Waals surface area contributed by atoms with E-state index in [1.54, 1.807) is 0 Å². The van der Waals surface area contributed by atoms with Gasteiger partial charge in [-0.3, -0.25) is 4.90 Å². The van der Waals surface area contributed by atoms with E-state index in [0.717, 1.165) is 12.8 Å². The Morgan fingerprint density at radius 2 is 1.61 bits per heavy atom. The van der Waals surface area contributed by atoms with E-state index in [1.807, 2.05) is 32.6 Å². The molecule has 0 rings (SSSR count). The van der Waals surface area contributed by atoms with Gasteiger partial charge in [-0.15, -0.1) is 12.1 Å². The molecule has 0 aliphatic heterocycles. The van der Waals surface area contributed by atoms with Gasteiger partial charge in [0.2, 0.25) is 0 Å². The first-order chi connectivity index (χ1) is 7.72. The average Bonchev–Trinajstić information content (AvgIpc) is 2.16. The molecule has 0 bridgehead atoms. The summed E-state index contributed by atoms with van der Waals surface area (Å²) in [6.45, 7) is 7.00. The molecule has 0 N–H and O–H groups in total. The van der Waals surface area contributed by atoms with Gasteiger partial charge in [0, 0.05) is 12.6 Å². The van der Waals surface area contributed by atoms with Crippen molar-refractivity contribution in [1.29, 1.82) is 0 Å². The molecular formula is C12H24BF3KN. The van der Waals surface area contributed by atoms with Gasteiger partial charge in [0.15, 0.2) is 0 Å². The van der Waals surface area contributed by atoms with E-state index in [0.29, 0.717) is 12.5 Å². The molecule has 0 unspecified atom stereocenters. The van der Waals surface area contributed by atoms with E-state index in [1.165, 1.54) is 0 Å². The normalized spacial score (nSPS) is 12.1. The molecule has 0 heterocycles. The maximum absolute atomic E-state index is 12.6. The molecule has 0 aliphatic rings. The fraction of sp³-hybridized carbons (Fsp3) is 0.833. The van der Waals surface area contributed by atoms with Crippen molar-refractivity contribution >= 4 is 6.98 Å². The van der Waals surface area contributed by atoms with Gasteiger partial charge in [0.25, 0.3) is 0 Å². The fourth-order valence-electron chi connectivity index (χ4n) is 1.98. The van der Waals surface area contributed by atoms with E-state index in [4.69, 9.17) is 0 Å². The molecule has 0 fully saturated rings. The second kappa shape index (κ2) is 10.00. The van der Waals surface area contributed by atoms with E-state index >= 15 is 0 Å². The van der Waals surface area contributed by atoms with Crippen LogP contribution in [0.4, 0.5) is 12.9 Å². The van der Waals surface area contributed by atoms with Gasteiger partial charge in [0.05, 0.1) is 0 Å². The summed E-state index contributed by atoms with van der Waals surface area (Å²) < 4.78 is 37.7. The quantitative estimate of drug-likeness (QED) is 0.604. The summed E-state index contributed by atoms with van der Waals surface area (Å²) >= 11 is 0. The molecule has 6 heteroatoms. The first-order valence-electron chi connectivity index (χ1n) is 6.33. The Labute approximate surface area is 152 Å². The Morgan fingerprint density at radius 3 is 1.89 bits per heavy atom. The van der Waals surface area contributed by atoms with Crippen molar-refractivity contribution in [3.63, 3.8) is 0 Å². The first-order valence-corrected chi connectivity index (χ1v) is 6.33. The van der Waals surface area contributed by atoms with Gasteiger partial charge in [-0.05, 0) is 25.3 Å². The number of halogens is 3. The summed E-state index contributed by atoms with van der Waals surface area (Å²) in [5.41, 5.74) is -0.586. The minimum absolute atomic E-state index is 0. The second-order valence-corrected chi connectivity index (χ2v) is 5.03. The second-order valence-electron chi connectivity index (χ2n) is 5.03. The van der Waals surface area contributed by atoms with Crippen molar-refractivity contribution in [3.8, 4) is 0 Å². The number of rotatable bonds is 8. The molecule has 0 atom stereocenters. The first kappa shape index (κ1) is 21.5. The van der Waals surface area contributed by atoms with Crippen molar-refractivity contribution in [2.24, 2.45) is 5.92 Å². The zero-order chi connectivity index (χ0) is 13.6. The van der Waals surface area contributed by atoms with Crippen molar-refractivity contribution < 1.29 is 64.3 Å². The monoisotopic (exact) mass is 289 g/mol. The van der Waals surface area contributed by atoms with Crippen LogP contribution in [0.2, 0.25) is 0 Å². The van der Waals surface area contributed by atoms with Crippen molar-refractivity contribution in [3.05, 3.63) is 12.1 Å². The van der Waals surface area contributed by atoms with Gasteiger partial charge in [0.1, 0.15) is 0 Å². The zero-order valence-electron chi connectivity index (χ0n) is 12.3. The average molecular weight is 289 g/mol. The van der Waals surface area contributed by atoms with Crippen molar-refractivity contribution in [2.45, 2.75) is 46.6 Å². The molecule has 0 aromatic rings. The minimum atomic E-state index is -4.91. The maximum Gasteiger partial charge on any atom is 1.00 e. The van der Waals surface area contributed by atoms with Crippen LogP contribution in [0, 0.1) is 5.92 Å². The molecule has 0 aromatic carbocycles. The predicted molar refractivity (Wildman–Crippen MR) is 69.0 cm³/mol. The largest absolute Gasteiger partial charge is 1.00 e. The maximum atomic E-state index is 12.6. The van der Waals surface area contributed by atoms with E-state index in [2.05, 4.69) is 6.58 Å². The van der Waals surface area contributed by atoms with E-state index in [-0.39, 0.29) is 64.0 Å². The summed E-state index contributed by atoms with van der Waals surface area (Å²) in [6.07, 6.45) is 1.75. The van der Waals surface area contributed by atoms with E-state index < -0.39 is 12.4 Å². The van der Waals surface area contributed by atoms with Gasteiger partial charge in [-0.25, -0.2) is 0 Å². The predicted octanol–water partition coefficient (Wildman–Crippen LogP) is 1.08. The number of hydrogen-bond acceptors (Lipinski definition) is 1. The molecule has 1 nitrogen and oxygen atoms in total. The van der Waals surface area contributed by atoms with Gasteiger partial charge < -0.3 is 12.9 Å². The third-order valence-corrected chi connectivity index (χ3v) is 2.93. The molecular weight excluding hydrogens is 265 g/mol. The smallest absolute Gasteiger partial charge is 0.445 e. The standard InChI is InChI=1S/C12H24BF3N.K/c1-6-12(7-2)17(8-10(3)4)9-11(5)13(14,15)16;/h10,12H,5-9H2,1-4H3;/q-1;+1. The SMILES string of the molecule is C=C(CN(CC(C)C)C(CC)CC)[B-](F)(F)F.[K+]. The molecule has 102 valence electrons. The Bertz CT molecular complexity index is 240. The zero-order valence-corrected chi connectivity index (χ0v) is 15.5. The number of hydrogen-bond donors (Lipinski definition) is 0. The number of nitrogens with zero attached hydrogens (tertiary/aromatic N) is 1. The van der Waals surface area contributed by atoms with Crippen LogP contribution in [0.25, 0.3) is 0 Å². The Hall–Kier alpha value is 1.19. The van der Waals surface area contributed by atoms with Gasteiger partial charge in [-0.1, -0.05) is 27.7 Å². The summed E-state index contributed by atoms with van der Waals surface area (Å²) in [6, 6.07) is 0.215. The third-order valence-electron chi connectivity index (χ3n) is 2.93. The summed E-state index contributed by atoms with van der Waals surface area (Å²) in [4.78, 5) is 1.92. The molecule has 0 spiro atoms. The van der Waals surface area contributed by atoms with Crippen LogP contribution in [0.15, 0.2) is 12.1 Å². The summed E-state index contributed by atoms with van der Waals surface area (Å²) in [5.74, 6) is 0.365. The van der Waals surface area contributed by atoms with Gasteiger partial charge >= 0.3 is 58.4 Å². The van der Waals surface area contributed by atoms with Crippen molar-refractivity contribution in [2.75, 3.05) is 13.1 Å². The Balaban J connectivity index is 0. The van der Waals surface area contributed by atoms with Crippen LogP contribution in [0.3, 0.4) is 0 Å². The molecule has 0 aliphatic carbocycles. The van der Waals surface area contributed by atoms with Crippen LogP contribution in [0.5, 0.6) is 0 Å². The molecule has 0 amide bonds. The van der Waals surface area contributed by atoms with Crippen LogP contribution in [-0.4, -0.2) is 31.0 Å². The topological polar surface area (TPSA) is 3.24 Å². The van der Waals surface area contributed by atoms with Crippen LogP contribution < -0.4 is 51.4 Å². The summed E-state index contributed by atoms with van der Waals surface area (Å²) in [7, 11) is 0. The molecule has 0 radical (unpaired) electrons. The summed E-state index contributed by atoms with van der Waals surface area (Å²) in [5, 5.41) is 0. The molecule has 0 saturated carbocycles. The third kappa shape index (κ3) is 8.38. The van der Waals surface area contributed by atoms with E-state index in [9.17, 15) is 12.9 Å². The molecule has 0 saturated heterocycles. The molecule has 18 heavy (non-hydrogen) atoms. The minimum Gasteiger partial charge on any atom is -0.445 e. The Morgan fingerprint density at radius 1 is 1.17 bits per heavy atom. The van der Waals surface area contributed by atoms with Crippen LogP contribution in [-0.2, 0) is 0 Å². The fourth-order valence-corrected chi connectivity index (χ4v) is 1.98. The van der Waals surface area contributed by atoms with Gasteiger partial charge in [-0.2, -0.15) is 0 Å². The Kier molecular flexibility index (Phi) is 11.9. The molecule has 0 aromatic heterocycles. The van der Waals surface area contributed by atoms with Crippen LogP contribution in [0.1, 0.15) is 40.5 Å².